The third-order valence-electron chi connectivity index (χ3n) is 3.09. The third kappa shape index (κ3) is 4.52. The Hall–Kier alpha value is -1.46. The van der Waals surface area contributed by atoms with Crippen LogP contribution in [0.2, 0.25) is 0 Å². The molecule has 2 aromatic rings. The standard InChI is InChI=1S/C17H17IN2O2S/c1-5-17(2,3)20-14(21)16(23-4)22-15-12(18)10-11-8-6-7-9-13(11)19-15/h1,6-10,16H,2-4H3,(H,20,21). The van der Waals surface area contributed by atoms with Gasteiger partial charge in [0.2, 0.25) is 11.3 Å². The number of thioether (sulfide) groups is 1. The predicted molar refractivity (Wildman–Crippen MR) is 103 cm³/mol. The van der Waals surface area contributed by atoms with E-state index < -0.39 is 11.0 Å². The first-order valence-electron chi connectivity index (χ1n) is 6.91. The molecule has 0 radical (unpaired) electrons. The Kier molecular flexibility index (Phi) is 5.76. The van der Waals surface area contributed by atoms with Gasteiger partial charge in [-0.2, -0.15) is 0 Å². The van der Waals surface area contributed by atoms with Gasteiger partial charge in [-0.25, -0.2) is 4.98 Å². The molecule has 1 N–H and O–H groups in total. The van der Waals surface area contributed by atoms with Gasteiger partial charge in [0.05, 0.1) is 14.6 Å². The lowest BCUT2D eigenvalue weighted by Crippen LogP contribution is -2.47. The van der Waals surface area contributed by atoms with Crippen LogP contribution >= 0.6 is 34.4 Å². The monoisotopic (exact) mass is 440 g/mol. The van der Waals surface area contributed by atoms with Crippen LogP contribution in [0.25, 0.3) is 10.9 Å². The van der Waals surface area contributed by atoms with Crippen molar-refractivity contribution in [3.05, 3.63) is 33.9 Å². The fraction of sp³-hybridized carbons (Fsp3) is 0.294. The molecule has 23 heavy (non-hydrogen) atoms. The highest BCUT2D eigenvalue weighted by molar-refractivity contribution is 14.1. The van der Waals surface area contributed by atoms with E-state index in [1.165, 1.54) is 11.8 Å². The molecule has 1 amide bonds. The highest BCUT2D eigenvalue weighted by Crippen LogP contribution is 2.26. The fourth-order valence-corrected chi connectivity index (χ4v) is 2.91. The highest BCUT2D eigenvalue weighted by atomic mass is 127. The minimum absolute atomic E-state index is 0.272. The van der Waals surface area contributed by atoms with Gasteiger partial charge >= 0.3 is 0 Å². The molecule has 4 nitrogen and oxygen atoms in total. The molecule has 0 fully saturated rings. The molecule has 0 aliphatic rings. The van der Waals surface area contributed by atoms with Crippen molar-refractivity contribution in [1.29, 1.82) is 0 Å². The zero-order valence-electron chi connectivity index (χ0n) is 13.1. The van der Waals surface area contributed by atoms with Gasteiger partial charge < -0.3 is 10.1 Å². The van der Waals surface area contributed by atoms with E-state index in [9.17, 15) is 4.79 Å². The van der Waals surface area contributed by atoms with Crippen LogP contribution in [0.15, 0.2) is 30.3 Å². The van der Waals surface area contributed by atoms with Crippen molar-refractivity contribution in [2.24, 2.45) is 0 Å². The minimum Gasteiger partial charge on any atom is -0.452 e. The number of ether oxygens (including phenoxy) is 1. The van der Waals surface area contributed by atoms with E-state index in [1.54, 1.807) is 20.1 Å². The number of rotatable bonds is 5. The van der Waals surface area contributed by atoms with Gasteiger partial charge in [0.1, 0.15) is 0 Å². The molecule has 0 bridgehead atoms. The largest absolute Gasteiger partial charge is 0.452 e. The molecule has 0 spiro atoms. The number of nitrogens with one attached hydrogen (secondary N) is 1. The number of nitrogens with zero attached hydrogens (tertiary/aromatic N) is 1. The summed E-state index contributed by atoms with van der Waals surface area (Å²) < 4.78 is 6.67. The first-order valence-corrected chi connectivity index (χ1v) is 9.27. The number of halogens is 1. The molecular weight excluding hydrogens is 423 g/mol. The van der Waals surface area contributed by atoms with Gasteiger partial charge in [-0.3, -0.25) is 4.79 Å². The number of hydrogen-bond donors (Lipinski definition) is 1. The van der Waals surface area contributed by atoms with Crippen LogP contribution in [-0.4, -0.2) is 28.1 Å². The summed E-state index contributed by atoms with van der Waals surface area (Å²) in [4.78, 5) is 16.8. The molecule has 0 saturated carbocycles. The Morgan fingerprint density at radius 2 is 2.17 bits per heavy atom. The molecule has 1 heterocycles. The SMILES string of the molecule is C#CC(C)(C)NC(=O)C(Oc1nc2ccccc2cc1I)SC. The van der Waals surface area contributed by atoms with E-state index >= 15 is 0 Å². The number of para-hydroxylation sites is 1. The number of aromatic nitrogens is 1. The first-order chi connectivity index (χ1) is 10.9. The fourth-order valence-electron chi connectivity index (χ4n) is 1.87. The Morgan fingerprint density at radius 3 is 2.83 bits per heavy atom. The van der Waals surface area contributed by atoms with Gasteiger partial charge in [-0.15, -0.1) is 18.2 Å². The average Bonchev–Trinajstić information content (AvgIpc) is 2.52. The summed E-state index contributed by atoms with van der Waals surface area (Å²) in [7, 11) is 0. The quantitative estimate of drug-likeness (QED) is 0.440. The van der Waals surface area contributed by atoms with Crippen molar-refractivity contribution in [2.75, 3.05) is 6.26 Å². The van der Waals surface area contributed by atoms with Crippen molar-refractivity contribution < 1.29 is 9.53 Å². The molecule has 0 aliphatic heterocycles. The Bertz CT molecular complexity index is 771. The molecule has 0 aliphatic carbocycles. The summed E-state index contributed by atoms with van der Waals surface area (Å²) in [5.41, 5.74) is -0.616. The average molecular weight is 440 g/mol. The molecule has 6 heteroatoms. The molecule has 0 saturated heterocycles. The minimum atomic E-state index is -0.724. The van der Waals surface area contributed by atoms with E-state index in [0.717, 1.165) is 14.5 Å². The normalized spacial score (nSPS) is 12.5. The number of hydrogen-bond acceptors (Lipinski definition) is 4. The lowest BCUT2D eigenvalue weighted by atomic mass is 10.1. The van der Waals surface area contributed by atoms with Gasteiger partial charge in [0.15, 0.2) is 0 Å². The summed E-state index contributed by atoms with van der Waals surface area (Å²) in [6.45, 7) is 3.53. The smallest absolute Gasteiger partial charge is 0.272 e. The second-order valence-corrected chi connectivity index (χ2v) is 7.47. The Labute approximate surface area is 153 Å². The van der Waals surface area contributed by atoms with Crippen molar-refractivity contribution in [1.82, 2.24) is 10.3 Å². The van der Waals surface area contributed by atoms with E-state index in [-0.39, 0.29) is 5.91 Å². The van der Waals surface area contributed by atoms with Crippen molar-refractivity contribution >= 4 is 51.2 Å². The molecule has 1 aromatic heterocycles. The van der Waals surface area contributed by atoms with E-state index in [4.69, 9.17) is 11.2 Å². The van der Waals surface area contributed by atoms with Gasteiger partial charge in [-0.1, -0.05) is 24.1 Å². The van der Waals surface area contributed by atoms with Gasteiger partial charge in [0, 0.05) is 5.39 Å². The summed E-state index contributed by atoms with van der Waals surface area (Å²) in [5, 5.41) is 3.81. The Balaban J connectivity index is 2.23. The molecule has 1 aromatic carbocycles. The molecule has 1 atom stereocenters. The molecule has 120 valence electrons. The van der Waals surface area contributed by atoms with Crippen LogP contribution in [0.4, 0.5) is 0 Å². The van der Waals surface area contributed by atoms with Crippen LogP contribution in [0.1, 0.15) is 13.8 Å². The van der Waals surface area contributed by atoms with Gasteiger partial charge in [-0.05, 0) is 54.8 Å². The number of terminal acetylenes is 1. The second kappa shape index (κ2) is 7.41. The van der Waals surface area contributed by atoms with Crippen LogP contribution in [0, 0.1) is 15.9 Å². The van der Waals surface area contributed by atoms with Crippen molar-refractivity contribution in [2.45, 2.75) is 24.8 Å². The van der Waals surface area contributed by atoms with Crippen LogP contribution in [0.5, 0.6) is 5.88 Å². The van der Waals surface area contributed by atoms with Crippen LogP contribution < -0.4 is 10.1 Å². The summed E-state index contributed by atoms with van der Waals surface area (Å²) in [6, 6.07) is 9.76. The number of benzene rings is 1. The first kappa shape index (κ1) is 17.9. The zero-order chi connectivity index (χ0) is 17.0. The van der Waals surface area contributed by atoms with E-state index in [1.807, 2.05) is 30.3 Å². The molecule has 2 rings (SSSR count). The Morgan fingerprint density at radius 1 is 1.48 bits per heavy atom. The van der Waals surface area contributed by atoms with Crippen molar-refractivity contribution in [3.8, 4) is 18.2 Å². The van der Waals surface area contributed by atoms with Crippen molar-refractivity contribution in [3.63, 3.8) is 0 Å². The third-order valence-corrected chi connectivity index (χ3v) is 4.60. The lowest BCUT2D eigenvalue weighted by molar-refractivity contribution is -0.125. The molecule has 1 unspecified atom stereocenters. The number of amides is 1. The summed E-state index contributed by atoms with van der Waals surface area (Å²) in [6.07, 6.45) is 7.22. The van der Waals surface area contributed by atoms with Crippen LogP contribution in [-0.2, 0) is 4.79 Å². The maximum Gasteiger partial charge on any atom is 0.272 e. The summed E-state index contributed by atoms with van der Waals surface area (Å²) in [5.74, 6) is 2.71. The second-order valence-electron chi connectivity index (χ2n) is 5.41. The number of carbonyl (C=O) groups excluding carboxylic acids is 1. The van der Waals surface area contributed by atoms with E-state index in [2.05, 4.69) is 38.8 Å². The number of fused-ring (bicyclic) bond motifs is 1. The number of carbonyl (C=O) groups is 1. The predicted octanol–water partition coefficient (Wildman–Crippen LogP) is 3.44. The zero-order valence-corrected chi connectivity index (χ0v) is 16.1. The topological polar surface area (TPSA) is 51.2 Å². The molecular formula is C17H17IN2O2S. The maximum absolute atomic E-state index is 12.3. The van der Waals surface area contributed by atoms with E-state index in [0.29, 0.717) is 5.88 Å². The highest BCUT2D eigenvalue weighted by Gasteiger charge is 2.26. The van der Waals surface area contributed by atoms with Gasteiger partial charge in [0.25, 0.3) is 5.91 Å². The summed E-state index contributed by atoms with van der Waals surface area (Å²) >= 11 is 3.45. The van der Waals surface area contributed by atoms with Crippen LogP contribution in [0.3, 0.4) is 0 Å². The number of pyridine rings is 1. The lowest BCUT2D eigenvalue weighted by Gasteiger charge is -2.23. The maximum atomic E-state index is 12.3.